The highest BCUT2D eigenvalue weighted by Crippen LogP contribution is 2.10. The number of guanidine groups is 1. The molecule has 0 spiro atoms. The monoisotopic (exact) mass is 453 g/mol. The summed E-state index contributed by atoms with van der Waals surface area (Å²) in [4.78, 5) is 4.55. The molecule has 1 aromatic rings. The first-order chi connectivity index (χ1) is 10.6. The topological polar surface area (TPSA) is 45.7 Å². The molecule has 0 aliphatic carbocycles. The Labute approximate surface area is 162 Å². The highest BCUT2D eigenvalue weighted by Gasteiger charge is 1.99. The van der Waals surface area contributed by atoms with Crippen LogP contribution in [-0.2, 0) is 11.2 Å². The van der Waals surface area contributed by atoms with Gasteiger partial charge in [0.25, 0.3) is 0 Å². The van der Waals surface area contributed by atoms with E-state index in [1.165, 1.54) is 5.56 Å². The van der Waals surface area contributed by atoms with Crippen LogP contribution in [0.1, 0.15) is 32.8 Å². The first-order valence-electron chi connectivity index (χ1n) is 8.00. The van der Waals surface area contributed by atoms with E-state index >= 15 is 0 Å². The van der Waals surface area contributed by atoms with Gasteiger partial charge in [0.05, 0.1) is 6.10 Å². The lowest BCUT2D eigenvalue weighted by Gasteiger charge is -2.11. The van der Waals surface area contributed by atoms with E-state index in [0.717, 1.165) is 50.1 Å². The van der Waals surface area contributed by atoms with Gasteiger partial charge in [-0.15, -0.1) is 24.0 Å². The predicted octanol–water partition coefficient (Wildman–Crippen LogP) is 3.87. The molecule has 1 rings (SSSR count). The van der Waals surface area contributed by atoms with E-state index < -0.39 is 0 Å². The van der Waals surface area contributed by atoms with Crippen molar-refractivity contribution in [2.24, 2.45) is 4.99 Å². The van der Waals surface area contributed by atoms with Gasteiger partial charge in [-0.3, -0.25) is 4.99 Å². The third-order valence-electron chi connectivity index (χ3n) is 2.96. The number of rotatable bonds is 9. The van der Waals surface area contributed by atoms with E-state index in [1.54, 1.807) is 0 Å². The number of benzene rings is 1. The molecule has 0 atom stereocenters. The second kappa shape index (κ2) is 13.9. The zero-order valence-electron chi connectivity index (χ0n) is 14.3. The minimum Gasteiger partial charge on any atom is -0.379 e. The fourth-order valence-electron chi connectivity index (χ4n) is 1.93. The molecule has 0 aliphatic rings. The van der Waals surface area contributed by atoms with Crippen molar-refractivity contribution in [3.05, 3.63) is 34.9 Å². The lowest BCUT2D eigenvalue weighted by molar-refractivity contribution is 0.0782. The Balaban J connectivity index is 0.00000484. The smallest absolute Gasteiger partial charge is 0.191 e. The number of ether oxygens (including phenoxy) is 1. The Bertz CT molecular complexity index is 455. The molecule has 132 valence electrons. The lowest BCUT2D eigenvalue weighted by Crippen LogP contribution is -2.38. The van der Waals surface area contributed by atoms with Crippen molar-refractivity contribution >= 4 is 41.5 Å². The maximum absolute atomic E-state index is 5.99. The van der Waals surface area contributed by atoms with E-state index in [2.05, 4.69) is 28.6 Å². The quantitative estimate of drug-likeness (QED) is 0.258. The van der Waals surface area contributed by atoms with Crippen LogP contribution in [0, 0.1) is 0 Å². The van der Waals surface area contributed by atoms with Crippen LogP contribution in [0.2, 0.25) is 5.02 Å². The second-order valence-corrected chi connectivity index (χ2v) is 5.78. The van der Waals surface area contributed by atoms with Crippen LogP contribution in [-0.4, -0.2) is 38.3 Å². The van der Waals surface area contributed by atoms with Crippen LogP contribution in [0.4, 0.5) is 0 Å². The number of nitrogens with one attached hydrogen (secondary N) is 2. The van der Waals surface area contributed by atoms with E-state index in [9.17, 15) is 0 Å². The van der Waals surface area contributed by atoms with Gasteiger partial charge in [-0.05, 0) is 51.3 Å². The number of halogens is 2. The van der Waals surface area contributed by atoms with E-state index in [0.29, 0.717) is 0 Å². The first-order valence-corrected chi connectivity index (χ1v) is 8.37. The Hall–Kier alpha value is -0.530. The maximum atomic E-state index is 5.99. The van der Waals surface area contributed by atoms with Crippen LogP contribution >= 0.6 is 35.6 Å². The largest absolute Gasteiger partial charge is 0.379 e. The molecular formula is C17H29ClIN3O. The molecule has 0 radical (unpaired) electrons. The van der Waals surface area contributed by atoms with Crippen molar-refractivity contribution in [2.45, 2.75) is 39.7 Å². The predicted molar refractivity (Wildman–Crippen MR) is 110 cm³/mol. The van der Waals surface area contributed by atoms with Gasteiger partial charge in [0.1, 0.15) is 0 Å². The molecule has 0 fully saturated rings. The number of aliphatic imine (C=N–C) groups is 1. The highest BCUT2D eigenvalue weighted by molar-refractivity contribution is 14.0. The van der Waals surface area contributed by atoms with Crippen LogP contribution in [0.15, 0.2) is 29.3 Å². The van der Waals surface area contributed by atoms with Crippen LogP contribution < -0.4 is 10.6 Å². The molecule has 6 heteroatoms. The third-order valence-corrected chi connectivity index (χ3v) is 3.20. The van der Waals surface area contributed by atoms with Gasteiger partial charge in [-0.1, -0.05) is 23.7 Å². The summed E-state index contributed by atoms with van der Waals surface area (Å²) in [5.74, 6) is 0.856. The summed E-state index contributed by atoms with van der Waals surface area (Å²) in [6.07, 6.45) is 2.14. The summed E-state index contributed by atoms with van der Waals surface area (Å²) in [6, 6.07) is 7.95. The van der Waals surface area contributed by atoms with E-state index in [-0.39, 0.29) is 30.1 Å². The Morgan fingerprint density at radius 2 is 2.09 bits per heavy atom. The average Bonchev–Trinajstić information content (AvgIpc) is 2.46. The molecule has 0 aromatic heterocycles. The van der Waals surface area contributed by atoms with Crippen molar-refractivity contribution in [2.75, 3.05) is 26.2 Å². The van der Waals surface area contributed by atoms with Gasteiger partial charge in [0, 0.05) is 31.3 Å². The van der Waals surface area contributed by atoms with Crippen LogP contribution in [0.3, 0.4) is 0 Å². The molecule has 23 heavy (non-hydrogen) atoms. The second-order valence-electron chi connectivity index (χ2n) is 5.34. The third kappa shape index (κ3) is 11.6. The number of nitrogens with zero attached hydrogens (tertiary/aromatic N) is 1. The summed E-state index contributed by atoms with van der Waals surface area (Å²) in [7, 11) is 0. The first kappa shape index (κ1) is 22.5. The van der Waals surface area contributed by atoms with Gasteiger partial charge in [-0.2, -0.15) is 0 Å². The number of hydrogen-bond donors (Lipinski definition) is 2. The van der Waals surface area contributed by atoms with Gasteiger partial charge >= 0.3 is 0 Å². The van der Waals surface area contributed by atoms with E-state index in [4.69, 9.17) is 16.3 Å². The van der Waals surface area contributed by atoms with Crippen molar-refractivity contribution in [3.8, 4) is 0 Å². The highest BCUT2D eigenvalue weighted by atomic mass is 127. The summed E-state index contributed by atoms with van der Waals surface area (Å²) < 4.78 is 5.51. The fourth-order valence-corrected chi connectivity index (χ4v) is 2.15. The normalized spacial score (nSPS) is 11.3. The molecule has 0 heterocycles. The molecule has 0 bridgehead atoms. The number of hydrogen-bond acceptors (Lipinski definition) is 2. The van der Waals surface area contributed by atoms with Crippen molar-refractivity contribution in [1.82, 2.24) is 10.6 Å². The zero-order valence-corrected chi connectivity index (χ0v) is 17.4. The summed E-state index contributed by atoms with van der Waals surface area (Å²) in [5.41, 5.74) is 1.22. The molecule has 1 aromatic carbocycles. The summed E-state index contributed by atoms with van der Waals surface area (Å²) in [5, 5.41) is 7.38. The summed E-state index contributed by atoms with van der Waals surface area (Å²) >= 11 is 5.99. The van der Waals surface area contributed by atoms with Gasteiger partial charge in [0.15, 0.2) is 5.96 Å². The van der Waals surface area contributed by atoms with Gasteiger partial charge in [-0.25, -0.2) is 0 Å². The maximum Gasteiger partial charge on any atom is 0.191 e. The average molecular weight is 454 g/mol. The molecule has 0 saturated carbocycles. The van der Waals surface area contributed by atoms with Gasteiger partial charge < -0.3 is 15.4 Å². The molecule has 0 unspecified atom stereocenters. The molecule has 4 nitrogen and oxygen atoms in total. The summed E-state index contributed by atoms with van der Waals surface area (Å²) in [6.45, 7) is 9.36. The minimum atomic E-state index is 0. The Kier molecular flexibility index (Phi) is 13.5. The minimum absolute atomic E-state index is 0. The standard InChI is InChI=1S/C17H28ClN3O.HI/c1-4-19-17(20-10-6-12-22-14(2)3)21-11-9-15-7-5-8-16(18)13-15;/h5,7-8,13-14H,4,6,9-12H2,1-3H3,(H2,19,20,21);1H. The zero-order chi connectivity index (χ0) is 16.2. The van der Waals surface area contributed by atoms with E-state index in [1.807, 2.05) is 32.0 Å². The molecule has 0 saturated heterocycles. The molecule has 0 amide bonds. The van der Waals surface area contributed by atoms with Crippen molar-refractivity contribution in [1.29, 1.82) is 0 Å². The van der Waals surface area contributed by atoms with Crippen LogP contribution in [0.25, 0.3) is 0 Å². The van der Waals surface area contributed by atoms with Crippen molar-refractivity contribution < 1.29 is 4.74 Å². The van der Waals surface area contributed by atoms with Crippen LogP contribution in [0.5, 0.6) is 0 Å². The van der Waals surface area contributed by atoms with Gasteiger partial charge in [0.2, 0.25) is 0 Å². The van der Waals surface area contributed by atoms with Crippen molar-refractivity contribution in [3.63, 3.8) is 0 Å². The lowest BCUT2D eigenvalue weighted by atomic mass is 10.1. The molecule has 2 N–H and O–H groups in total. The Morgan fingerprint density at radius 3 is 2.74 bits per heavy atom. The SMILES string of the molecule is CCNC(=NCCCOC(C)C)NCCc1cccc(Cl)c1.I. The molecular weight excluding hydrogens is 425 g/mol. The molecule has 0 aliphatic heterocycles. The Morgan fingerprint density at radius 1 is 1.30 bits per heavy atom. The fraction of sp³-hybridized carbons (Fsp3) is 0.588.